The number of esters is 1. The summed E-state index contributed by atoms with van der Waals surface area (Å²) in [4.78, 5) is 27.7. The van der Waals surface area contributed by atoms with Gasteiger partial charge in [0, 0.05) is 23.6 Å². The van der Waals surface area contributed by atoms with Crippen LogP contribution < -0.4 is 14.8 Å². The van der Waals surface area contributed by atoms with Crippen molar-refractivity contribution in [2.75, 3.05) is 11.9 Å². The third-order valence-electron chi connectivity index (χ3n) is 3.70. The van der Waals surface area contributed by atoms with Crippen molar-refractivity contribution in [3.8, 4) is 22.1 Å². The van der Waals surface area contributed by atoms with Gasteiger partial charge in [0.05, 0.1) is 18.7 Å². The number of benzene rings is 2. The number of hydrogen-bond donors (Lipinski definition) is 1. The lowest BCUT2D eigenvalue weighted by Gasteiger charge is -2.05. The van der Waals surface area contributed by atoms with Gasteiger partial charge in [-0.05, 0) is 55.5 Å². The summed E-state index contributed by atoms with van der Waals surface area (Å²) in [6.07, 6.45) is 0.0843. The van der Waals surface area contributed by atoms with Crippen LogP contribution in [-0.4, -0.2) is 23.5 Å². The van der Waals surface area contributed by atoms with Crippen LogP contribution in [0.4, 0.5) is 5.69 Å². The van der Waals surface area contributed by atoms with Crippen molar-refractivity contribution in [1.29, 1.82) is 0 Å². The van der Waals surface area contributed by atoms with E-state index < -0.39 is 5.97 Å². The quantitative estimate of drug-likeness (QED) is 0.475. The highest BCUT2D eigenvalue weighted by Crippen LogP contribution is 2.26. The van der Waals surface area contributed by atoms with Crippen molar-refractivity contribution in [3.63, 3.8) is 0 Å². The molecule has 6 nitrogen and oxygen atoms in total. The average Bonchev–Trinajstić information content (AvgIpc) is 3.12. The third kappa shape index (κ3) is 5.40. The molecule has 0 aliphatic carbocycles. The molecule has 1 amide bonds. The second kappa shape index (κ2) is 9.14. The van der Waals surface area contributed by atoms with Crippen LogP contribution in [0.25, 0.3) is 10.6 Å². The Kier molecular flexibility index (Phi) is 6.39. The zero-order valence-electron chi connectivity index (χ0n) is 15.6. The maximum absolute atomic E-state index is 12.2. The summed E-state index contributed by atoms with van der Waals surface area (Å²) in [6, 6.07) is 14.3. The van der Waals surface area contributed by atoms with Crippen LogP contribution in [0.3, 0.4) is 0 Å². The summed E-state index contributed by atoms with van der Waals surface area (Å²) in [5.41, 5.74) is 2.28. The number of nitrogens with zero attached hydrogens (tertiary/aromatic N) is 1. The van der Waals surface area contributed by atoms with E-state index in [1.807, 2.05) is 36.6 Å². The summed E-state index contributed by atoms with van der Waals surface area (Å²) in [7, 11) is 0. The first-order valence-corrected chi connectivity index (χ1v) is 9.67. The molecule has 0 atom stereocenters. The van der Waals surface area contributed by atoms with Gasteiger partial charge >= 0.3 is 5.97 Å². The van der Waals surface area contributed by atoms with Crippen molar-refractivity contribution in [2.24, 2.45) is 0 Å². The summed E-state index contributed by atoms with van der Waals surface area (Å²) in [5, 5.41) is 5.35. The monoisotopic (exact) mass is 396 g/mol. The standard InChI is InChI=1S/C21H20N2O4S/c1-3-26-18-8-4-15(5-9-18)21-23-17(13-28-21)12-20(25)27-19-10-6-16(7-11-19)22-14(2)24/h4-11,13H,3,12H2,1-2H3,(H,22,24). The molecule has 0 fully saturated rings. The molecule has 1 N–H and O–H groups in total. The molecular weight excluding hydrogens is 376 g/mol. The number of ether oxygens (including phenoxy) is 2. The highest BCUT2D eigenvalue weighted by Gasteiger charge is 2.11. The van der Waals surface area contributed by atoms with Gasteiger partial charge in [0.2, 0.25) is 5.91 Å². The molecule has 0 aliphatic rings. The fraction of sp³-hybridized carbons (Fsp3) is 0.190. The van der Waals surface area contributed by atoms with Gasteiger partial charge in [-0.3, -0.25) is 9.59 Å². The fourth-order valence-corrected chi connectivity index (χ4v) is 3.33. The largest absolute Gasteiger partial charge is 0.494 e. The lowest BCUT2D eigenvalue weighted by Crippen LogP contribution is -2.11. The highest BCUT2D eigenvalue weighted by atomic mass is 32.1. The molecular formula is C21H20N2O4S. The van der Waals surface area contributed by atoms with Crippen LogP contribution in [-0.2, 0) is 16.0 Å². The zero-order chi connectivity index (χ0) is 19.9. The van der Waals surface area contributed by atoms with Crippen LogP contribution in [0.15, 0.2) is 53.9 Å². The Morgan fingerprint density at radius 2 is 1.71 bits per heavy atom. The minimum Gasteiger partial charge on any atom is -0.494 e. The minimum atomic E-state index is -0.393. The van der Waals surface area contributed by atoms with E-state index in [0.29, 0.717) is 23.7 Å². The maximum Gasteiger partial charge on any atom is 0.317 e. The smallest absolute Gasteiger partial charge is 0.317 e. The van der Waals surface area contributed by atoms with Gasteiger partial charge in [-0.15, -0.1) is 11.3 Å². The van der Waals surface area contributed by atoms with Crippen LogP contribution in [0, 0.1) is 0 Å². The van der Waals surface area contributed by atoms with Gasteiger partial charge in [-0.2, -0.15) is 0 Å². The fourth-order valence-electron chi connectivity index (χ4n) is 2.51. The molecule has 144 valence electrons. The molecule has 0 saturated carbocycles. The summed E-state index contributed by atoms with van der Waals surface area (Å²) >= 11 is 1.48. The van der Waals surface area contributed by atoms with Crippen molar-refractivity contribution in [2.45, 2.75) is 20.3 Å². The van der Waals surface area contributed by atoms with Crippen molar-refractivity contribution in [1.82, 2.24) is 4.98 Å². The Morgan fingerprint density at radius 1 is 1.04 bits per heavy atom. The van der Waals surface area contributed by atoms with E-state index in [-0.39, 0.29) is 12.3 Å². The van der Waals surface area contributed by atoms with Crippen LogP contribution in [0.1, 0.15) is 19.5 Å². The predicted octanol–water partition coefficient (Wildman–Crippen LogP) is 4.32. The van der Waals surface area contributed by atoms with Crippen molar-refractivity contribution < 1.29 is 19.1 Å². The Hall–Kier alpha value is -3.19. The molecule has 0 radical (unpaired) electrons. The van der Waals surface area contributed by atoms with Crippen molar-refractivity contribution >= 4 is 28.9 Å². The number of nitrogens with one attached hydrogen (secondary N) is 1. The lowest BCUT2D eigenvalue weighted by molar-refractivity contribution is -0.133. The molecule has 7 heteroatoms. The molecule has 28 heavy (non-hydrogen) atoms. The minimum absolute atomic E-state index is 0.0843. The molecule has 0 bridgehead atoms. The van der Waals surface area contributed by atoms with E-state index in [1.165, 1.54) is 18.3 Å². The van der Waals surface area contributed by atoms with Crippen molar-refractivity contribution in [3.05, 3.63) is 59.6 Å². The van der Waals surface area contributed by atoms with E-state index in [9.17, 15) is 9.59 Å². The number of rotatable bonds is 7. The number of carbonyl (C=O) groups is 2. The van der Waals surface area contributed by atoms with Crippen LogP contribution in [0.2, 0.25) is 0 Å². The van der Waals surface area contributed by atoms with Gasteiger partial charge in [0.15, 0.2) is 0 Å². The first kappa shape index (κ1) is 19.6. The maximum atomic E-state index is 12.2. The first-order valence-electron chi connectivity index (χ1n) is 8.79. The summed E-state index contributed by atoms with van der Waals surface area (Å²) < 4.78 is 10.8. The lowest BCUT2D eigenvalue weighted by atomic mass is 10.2. The van der Waals surface area contributed by atoms with Gasteiger partial charge < -0.3 is 14.8 Å². The molecule has 1 aromatic heterocycles. The van der Waals surface area contributed by atoms with E-state index in [4.69, 9.17) is 9.47 Å². The number of anilines is 1. The van der Waals surface area contributed by atoms with Crippen LogP contribution in [0.5, 0.6) is 11.5 Å². The number of aromatic nitrogens is 1. The normalized spacial score (nSPS) is 10.4. The molecule has 0 aliphatic heterocycles. The Balaban J connectivity index is 1.58. The van der Waals surface area contributed by atoms with Gasteiger partial charge in [0.25, 0.3) is 0 Å². The Morgan fingerprint density at radius 3 is 2.36 bits per heavy atom. The van der Waals surface area contributed by atoms with E-state index in [2.05, 4.69) is 10.3 Å². The predicted molar refractivity (Wildman–Crippen MR) is 109 cm³/mol. The second-order valence-corrected chi connectivity index (χ2v) is 6.82. The first-order chi connectivity index (χ1) is 13.5. The molecule has 0 saturated heterocycles. The number of amides is 1. The zero-order valence-corrected chi connectivity index (χ0v) is 16.4. The molecule has 3 aromatic rings. The molecule has 0 spiro atoms. The summed E-state index contributed by atoms with van der Waals surface area (Å²) in [6.45, 7) is 4.00. The van der Waals surface area contributed by atoms with E-state index in [0.717, 1.165) is 16.3 Å². The topological polar surface area (TPSA) is 77.5 Å². The average molecular weight is 396 g/mol. The molecule has 2 aromatic carbocycles. The molecule has 3 rings (SSSR count). The Bertz CT molecular complexity index is 949. The van der Waals surface area contributed by atoms with E-state index >= 15 is 0 Å². The Labute approximate surface area is 167 Å². The number of thiazole rings is 1. The highest BCUT2D eigenvalue weighted by molar-refractivity contribution is 7.13. The molecule has 1 heterocycles. The number of hydrogen-bond acceptors (Lipinski definition) is 6. The number of carbonyl (C=O) groups excluding carboxylic acids is 2. The van der Waals surface area contributed by atoms with Gasteiger partial charge in [-0.25, -0.2) is 4.98 Å². The van der Waals surface area contributed by atoms with Crippen LogP contribution >= 0.6 is 11.3 Å². The summed E-state index contributed by atoms with van der Waals surface area (Å²) in [5.74, 6) is 0.685. The van der Waals surface area contributed by atoms with Gasteiger partial charge in [0.1, 0.15) is 16.5 Å². The molecule has 0 unspecified atom stereocenters. The van der Waals surface area contributed by atoms with Gasteiger partial charge in [-0.1, -0.05) is 0 Å². The second-order valence-electron chi connectivity index (χ2n) is 5.96. The van der Waals surface area contributed by atoms with E-state index in [1.54, 1.807) is 24.3 Å². The SMILES string of the molecule is CCOc1ccc(-c2nc(CC(=O)Oc3ccc(NC(C)=O)cc3)cs2)cc1. The third-order valence-corrected chi connectivity index (χ3v) is 4.64.